The Hall–Kier alpha value is -3.86. The van der Waals surface area contributed by atoms with Gasteiger partial charge in [0.1, 0.15) is 11.9 Å². The highest BCUT2D eigenvalue weighted by Crippen LogP contribution is 2.67. The molecule has 4 unspecified atom stereocenters. The van der Waals surface area contributed by atoms with Gasteiger partial charge in [0, 0.05) is 6.92 Å². The first-order valence-corrected chi connectivity index (χ1v) is 12.4. The van der Waals surface area contributed by atoms with Crippen LogP contribution in [0.2, 0.25) is 0 Å². The second kappa shape index (κ2) is 10.0. The van der Waals surface area contributed by atoms with Gasteiger partial charge in [-0.25, -0.2) is 0 Å². The van der Waals surface area contributed by atoms with Gasteiger partial charge in [0.15, 0.2) is 5.41 Å². The molecule has 2 bridgehead atoms. The maximum absolute atomic E-state index is 10.5. The molecule has 0 aliphatic carbocycles. The Kier molecular flexibility index (Phi) is 7.02. The van der Waals surface area contributed by atoms with Crippen molar-refractivity contribution >= 4 is 5.90 Å². The molecule has 36 heavy (non-hydrogen) atoms. The van der Waals surface area contributed by atoms with E-state index in [1.54, 1.807) is 31.2 Å². The second-order valence-corrected chi connectivity index (χ2v) is 9.62. The number of nitriles is 3. The number of hydrogen-bond acceptors (Lipinski definition) is 7. The van der Waals surface area contributed by atoms with Crippen LogP contribution in [-0.4, -0.2) is 18.3 Å². The van der Waals surface area contributed by atoms with Crippen LogP contribution >= 0.6 is 0 Å². The number of nitrogens with zero attached hydrogens (tertiary/aromatic N) is 3. The van der Waals surface area contributed by atoms with Crippen LogP contribution in [0.1, 0.15) is 56.8 Å². The molecule has 2 heterocycles. The normalized spacial score (nSPS) is 27.8. The zero-order valence-corrected chi connectivity index (χ0v) is 20.7. The Morgan fingerprint density at radius 2 is 1.64 bits per heavy atom. The summed E-state index contributed by atoms with van der Waals surface area (Å²) in [5, 5.41) is 40.1. The van der Waals surface area contributed by atoms with E-state index in [4.69, 9.17) is 19.6 Å². The lowest BCUT2D eigenvalue weighted by molar-refractivity contribution is -0.272. The molecule has 2 aliphatic heterocycles. The van der Waals surface area contributed by atoms with Crippen molar-refractivity contribution < 1.29 is 14.2 Å². The molecule has 1 N–H and O–H groups in total. The summed E-state index contributed by atoms with van der Waals surface area (Å²) >= 11 is 0. The quantitative estimate of drug-likeness (QED) is 0.448. The predicted octanol–water partition coefficient (Wildman–Crippen LogP) is 5.84. The molecule has 0 saturated carbocycles. The van der Waals surface area contributed by atoms with E-state index in [0.29, 0.717) is 24.3 Å². The lowest BCUT2D eigenvalue weighted by Crippen LogP contribution is -2.59. The molecule has 184 valence electrons. The summed E-state index contributed by atoms with van der Waals surface area (Å²) < 4.78 is 18.1. The third kappa shape index (κ3) is 3.89. The van der Waals surface area contributed by atoms with Crippen molar-refractivity contribution in [2.75, 3.05) is 6.61 Å². The molecule has 0 amide bonds. The van der Waals surface area contributed by atoms with E-state index in [0.717, 1.165) is 24.8 Å². The summed E-state index contributed by atoms with van der Waals surface area (Å²) in [6.45, 7) is 4.46. The fraction of sp³-hybridized carbons (Fsp3) is 0.448. The molecule has 7 nitrogen and oxygen atoms in total. The fourth-order valence-corrected chi connectivity index (χ4v) is 5.49. The Bertz CT molecular complexity index is 1210. The topological polar surface area (TPSA) is 123 Å². The van der Waals surface area contributed by atoms with Gasteiger partial charge in [-0.1, -0.05) is 68.7 Å². The van der Waals surface area contributed by atoms with Gasteiger partial charge in [-0.15, -0.1) is 0 Å². The van der Waals surface area contributed by atoms with E-state index in [1.165, 1.54) is 6.42 Å². The van der Waals surface area contributed by atoms with E-state index in [1.807, 2.05) is 30.3 Å². The number of hydrogen-bond donors (Lipinski definition) is 1. The average molecular weight is 483 g/mol. The number of ether oxygens (including phenoxy) is 3. The van der Waals surface area contributed by atoms with Crippen molar-refractivity contribution in [2.45, 2.75) is 57.8 Å². The van der Waals surface area contributed by atoms with Crippen molar-refractivity contribution in [1.29, 1.82) is 21.2 Å². The Morgan fingerprint density at radius 1 is 0.944 bits per heavy atom. The maximum atomic E-state index is 10.5. The van der Waals surface area contributed by atoms with Crippen molar-refractivity contribution in [2.24, 2.45) is 16.7 Å². The van der Waals surface area contributed by atoms with Gasteiger partial charge in [0.05, 0.1) is 30.7 Å². The molecule has 2 aromatic carbocycles. The molecular formula is C29H30N4O3. The second-order valence-electron chi connectivity index (χ2n) is 9.62. The number of fused-ring (bicyclic) bond motifs is 2. The van der Waals surface area contributed by atoms with E-state index in [2.05, 4.69) is 25.1 Å². The molecule has 2 aliphatic rings. The van der Waals surface area contributed by atoms with Crippen LogP contribution in [0.5, 0.6) is 5.75 Å². The highest BCUT2D eigenvalue weighted by Gasteiger charge is 2.79. The van der Waals surface area contributed by atoms with Crippen LogP contribution < -0.4 is 4.74 Å². The highest BCUT2D eigenvalue weighted by molar-refractivity contribution is 5.89. The summed E-state index contributed by atoms with van der Waals surface area (Å²) in [6.07, 6.45) is 3.64. The molecule has 4 atom stereocenters. The molecule has 0 radical (unpaired) electrons. The van der Waals surface area contributed by atoms with Crippen molar-refractivity contribution in [3.05, 3.63) is 65.7 Å². The van der Waals surface area contributed by atoms with E-state index >= 15 is 0 Å². The lowest BCUT2D eigenvalue weighted by atomic mass is 9.52. The zero-order valence-electron chi connectivity index (χ0n) is 20.7. The standard InChI is InChI=1S/C29H30N4O3/c1-3-4-5-9-16-34-23-14-12-22(13-15-23)25-28(18-30,19-31)29(20-32)24(17-21-10-7-6-8-11-21)27(2,35-25)36-26(29)33/h6-8,10-15,24-25,33H,3-5,9,16-17H2,1-2H3. The minimum Gasteiger partial charge on any atom is -0.494 e. The smallest absolute Gasteiger partial charge is 0.215 e. The summed E-state index contributed by atoms with van der Waals surface area (Å²) in [5.74, 6) is -1.81. The summed E-state index contributed by atoms with van der Waals surface area (Å²) in [5.41, 5.74) is -2.34. The van der Waals surface area contributed by atoms with Crippen LogP contribution in [0.3, 0.4) is 0 Å². The summed E-state index contributed by atoms with van der Waals surface area (Å²) in [6, 6.07) is 23.0. The Balaban J connectivity index is 1.69. The average Bonchev–Trinajstić information content (AvgIpc) is 3.06. The third-order valence-corrected chi connectivity index (χ3v) is 7.45. The van der Waals surface area contributed by atoms with Crippen LogP contribution in [0.25, 0.3) is 0 Å². The van der Waals surface area contributed by atoms with E-state index in [9.17, 15) is 15.8 Å². The van der Waals surface area contributed by atoms with Gasteiger partial charge in [-0.05, 0) is 36.1 Å². The number of unbranched alkanes of at least 4 members (excludes halogenated alkanes) is 3. The third-order valence-electron chi connectivity index (χ3n) is 7.45. The number of benzene rings is 2. The number of rotatable bonds is 9. The van der Waals surface area contributed by atoms with Crippen LogP contribution in [0.4, 0.5) is 0 Å². The van der Waals surface area contributed by atoms with Gasteiger partial charge in [0.2, 0.25) is 17.1 Å². The first kappa shape index (κ1) is 25.2. The highest BCUT2D eigenvalue weighted by atomic mass is 16.7. The molecule has 0 spiro atoms. The summed E-state index contributed by atoms with van der Waals surface area (Å²) in [4.78, 5) is 0. The molecule has 2 saturated heterocycles. The Labute approximate surface area is 212 Å². The molecule has 7 heteroatoms. The zero-order chi connectivity index (χ0) is 25.8. The van der Waals surface area contributed by atoms with E-state index in [-0.39, 0.29) is 0 Å². The summed E-state index contributed by atoms with van der Waals surface area (Å²) in [7, 11) is 0. The molecule has 2 aromatic rings. The fourth-order valence-electron chi connectivity index (χ4n) is 5.49. The molecule has 4 rings (SSSR count). The van der Waals surface area contributed by atoms with Crippen molar-refractivity contribution in [3.63, 3.8) is 0 Å². The van der Waals surface area contributed by atoms with Crippen molar-refractivity contribution in [3.8, 4) is 24.0 Å². The Morgan fingerprint density at radius 3 is 2.25 bits per heavy atom. The SMILES string of the molecule is CCCCCCOc1ccc(C2OC3(C)OC(=N)C(C#N)(C3Cc3ccccc3)C2(C#N)C#N)cc1. The minimum absolute atomic E-state index is 0.315. The van der Waals surface area contributed by atoms with Gasteiger partial charge in [-0.3, -0.25) is 5.41 Å². The molecule has 2 fully saturated rings. The maximum Gasteiger partial charge on any atom is 0.215 e. The van der Waals surface area contributed by atoms with Crippen LogP contribution in [-0.2, 0) is 15.9 Å². The van der Waals surface area contributed by atoms with Gasteiger partial charge in [0.25, 0.3) is 0 Å². The first-order valence-electron chi connectivity index (χ1n) is 12.4. The monoisotopic (exact) mass is 482 g/mol. The van der Waals surface area contributed by atoms with E-state index < -0.39 is 34.5 Å². The van der Waals surface area contributed by atoms with Crippen LogP contribution in [0.15, 0.2) is 54.6 Å². The number of nitrogens with one attached hydrogen (secondary N) is 1. The van der Waals surface area contributed by atoms with Gasteiger partial charge < -0.3 is 14.2 Å². The molecular weight excluding hydrogens is 452 g/mol. The van der Waals surface area contributed by atoms with Gasteiger partial charge in [-0.2, -0.15) is 15.8 Å². The lowest BCUT2D eigenvalue weighted by Gasteiger charge is -2.48. The van der Waals surface area contributed by atoms with Crippen molar-refractivity contribution in [1.82, 2.24) is 0 Å². The molecule has 0 aromatic heterocycles. The first-order chi connectivity index (χ1) is 17.4. The van der Waals surface area contributed by atoms with Crippen LogP contribution in [0, 0.1) is 56.2 Å². The van der Waals surface area contributed by atoms with Gasteiger partial charge >= 0.3 is 0 Å². The minimum atomic E-state index is -1.99. The largest absolute Gasteiger partial charge is 0.494 e. The predicted molar refractivity (Wildman–Crippen MR) is 132 cm³/mol.